The summed E-state index contributed by atoms with van der Waals surface area (Å²) in [4.78, 5) is 68.0. The molecular formula is C33H46N6O7. The maximum atomic E-state index is 13.8. The first-order chi connectivity index (χ1) is 22.0. The molecule has 0 bridgehead atoms. The zero-order valence-electron chi connectivity index (χ0n) is 26.3. The maximum Gasteiger partial charge on any atom is 0.245 e. The minimum atomic E-state index is -1.43. The van der Waals surface area contributed by atoms with E-state index in [0.717, 1.165) is 5.56 Å². The van der Waals surface area contributed by atoms with Gasteiger partial charge < -0.3 is 42.5 Å². The molecule has 13 heteroatoms. The molecule has 0 aliphatic carbocycles. The van der Waals surface area contributed by atoms with E-state index in [2.05, 4.69) is 26.6 Å². The molecule has 1 heterocycles. The molecule has 5 atom stereocenters. The molecule has 2 aromatic rings. The van der Waals surface area contributed by atoms with Gasteiger partial charge in [0.05, 0.1) is 6.61 Å². The van der Waals surface area contributed by atoms with Gasteiger partial charge in [-0.1, -0.05) is 56.3 Å². The third kappa shape index (κ3) is 11.1. The summed E-state index contributed by atoms with van der Waals surface area (Å²) in [6.45, 7) is 3.34. The number of hydrogen-bond donors (Lipinski definition) is 8. The number of amides is 5. The summed E-state index contributed by atoms with van der Waals surface area (Å²) >= 11 is 0. The van der Waals surface area contributed by atoms with Crippen molar-refractivity contribution in [3.05, 3.63) is 65.7 Å². The molecule has 0 aromatic heterocycles. The molecule has 0 unspecified atom stereocenters. The fraction of sp³-hybridized carbons (Fsp3) is 0.485. The molecule has 0 spiro atoms. The molecule has 1 fully saturated rings. The van der Waals surface area contributed by atoms with Crippen LogP contribution >= 0.6 is 0 Å². The van der Waals surface area contributed by atoms with Crippen LogP contribution in [0.4, 0.5) is 0 Å². The van der Waals surface area contributed by atoms with E-state index < -0.39 is 66.4 Å². The average molecular weight is 639 g/mol. The molecule has 13 nitrogen and oxygen atoms in total. The summed E-state index contributed by atoms with van der Waals surface area (Å²) in [5, 5.41) is 33.1. The maximum absolute atomic E-state index is 13.8. The Morgan fingerprint density at radius 2 is 1.09 bits per heavy atom. The Bertz CT molecular complexity index is 1320. The number of carbonyl (C=O) groups excluding carboxylic acids is 5. The molecule has 250 valence electrons. The highest BCUT2D eigenvalue weighted by Crippen LogP contribution is 2.14. The first-order valence-electron chi connectivity index (χ1n) is 15.6. The Labute approximate surface area is 269 Å². The van der Waals surface area contributed by atoms with Crippen LogP contribution in [0.15, 0.2) is 54.6 Å². The number of phenols is 1. The number of aliphatic hydroxyl groups is 1. The summed E-state index contributed by atoms with van der Waals surface area (Å²) in [7, 11) is 0. The van der Waals surface area contributed by atoms with Crippen LogP contribution < -0.4 is 32.3 Å². The summed E-state index contributed by atoms with van der Waals surface area (Å²) in [5.74, 6) is -3.46. The number of aliphatic hydroxyl groups excluding tert-OH is 1. The molecule has 0 saturated carbocycles. The Kier molecular flexibility index (Phi) is 14.0. The van der Waals surface area contributed by atoms with Crippen LogP contribution in [0.2, 0.25) is 0 Å². The second kappa shape index (κ2) is 17.9. The van der Waals surface area contributed by atoms with Crippen molar-refractivity contribution in [3.8, 4) is 5.75 Å². The minimum absolute atomic E-state index is 0.0168. The highest BCUT2D eigenvalue weighted by molar-refractivity contribution is 5.98. The zero-order valence-corrected chi connectivity index (χ0v) is 26.3. The van der Waals surface area contributed by atoms with Gasteiger partial charge in [0, 0.05) is 12.8 Å². The summed E-state index contributed by atoms with van der Waals surface area (Å²) in [5.41, 5.74) is 7.04. The molecule has 9 N–H and O–H groups in total. The van der Waals surface area contributed by atoms with Gasteiger partial charge in [-0.15, -0.1) is 0 Å². The van der Waals surface area contributed by atoms with Crippen molar-refractivity contribution in [2.75, 3.05) is 13.2 Å². The number of nitrogens with one attached hydrogen (secondary N) is 5. The molecular weight excluding hydrogens is 592 g/mol. The van der Waals surface area contributed by atoms with Gasteiger partial charge >= 0.3 is 0 Å². The van der Waals surface area contributed by atoms with Gasteiger partial charge in [0.1, 0.15) is 36.0 Å². The number of unbranched alkanes of at least 4 members (excludes halogenated alkanes) is 1. The third-order valence-electron chi connectivity index (χ3n) is 7.66. The van der Waals surface area contributed by atoms with E-state index in [0.29, 0.717) is 24.9 Å². The van der Waals surface area contributed by atoms with Crippen molar-refractivity contribution >= 4 is 29.5 Å². The fourth-order valence-corrected chi connectivity index (χ4v) is 5.16. The number of phenolic OH excluding ortho intramolecular Hbond substituents is 1. The zero-order chi connectivity index (χ0) is 33.6. The van der Waals surface area contributed by atoms with E-state index in [1.54, 1.807) is 24.3 Å². The van der Waals surface area contributed by atoms with E-state index in [-0.39, 0.29) is 37.4 Å². The van der Waals surface area contributed by atoms with Gasteiger partial charge in [0.2, 0.25) is 29.5 Å². The predicted octanol–water partition coefficient (Wildman–Crippen LogP) is -0.218. The molecule has 1 aliphatic rings. The van der Waals surface area contributed by atoms with Gasteiger partial charge in [-0.2, -0.15) is 0 Å². The first-order valence-corrected chi connectivity index (χ1v) is 15.6. The number of hydrogen-bond acceptors (Lipinski definition) is 8. The van der Waals surface area contributed by atoms with E-state index in [4.69, 9.17) is 5.73 Å². The van der Waals surface area contributed by atoms with E-state index in [1.165, 1.54) is 12.1 Å². The van der Waals surface area contributed by atoms with Crippen LogP contribution in [-0.2, 0) is 36.8 Å². The van der Waals surface area contributed by atoms with E-state index in [9.17, 15) is 34.2 Å². The lowest BCUT2D eigenvalue weighted by molar-refractivity contribution is -0.134. The van der Waals surface area contributed by atoms with Crippen LogP contribution in [0.5, 0.6) is 5.75 Å². The largest absolute Gasteiger partial charge is 0.508 e. The van der Waals surface area contributed by atoms with Gasteiger partial charge in [0.15, 0.2) is 0 Å². The molecule has 1 saturated heterocycles. The average Bonchev–Trinajstić information content (AvgIpc) is 3.02. The first kappa shape index (κ1) is 36.0. The van der Waals surface area contributed by atoms with Crippen molar-refractivity contribution in [1.82, 2.24) is 26.6 Å². The predicted molar refractivity (Wildman–Crippen MR) is 171 cm³/mol. The molecule has 46 heavy (non-hydrogen) atoms. The van der Waals surface area contributed by atoms with Crippen molar-refractivity contribution in [2.24, 2.45) is 11.7 Å². The Balaban J connectivity index is 2.04. The number of nitrogens with two attached hydrogens (primary N) is 1. The quantitative estimate of drug-likeness (QED) is 0.154. The number of benzene rings is 2. The molecule has 3 rings (SSSR count). The highest BCUT2D eigenvalue weighted by Gasteiger charge is 2.34. The Morgan fingerprint density at radius 3 is 1.63 bits per heavy atom. The lowest BCUT2D eigenvalue weighted by atomic mass is 10.00. The second-order valence-electron chi connectivity index (χ2n) is 12.0. The highest BCUT2D eigenvalue weighted by atomic mass is 16.3. The molecule has 2 aromatic carbocycles. The van der Waals surface area contributed by atoms with Crippen LogP contribution in [0.1, 0.15) is 50.7 Å². The van der Waals surface area contributed by atoms with Crippen molar-refractivity contribution in [2.45, 2.75) is 82.6 Å². The number of carbonyl (C=O) groups is 5. The van der Waals surface area contributed by atoms with E-state index in [1.807, 2.05) is 32.0 Å². The van der Waals surface area contributed by atoms with Gasteiger partial charge in [-0.3, -0.25) is 24.0 Å². The SMILES string of the molecule is CC(C)C[C@@H]1NC(=O)[C@H](Cc2ccccc2)NC(=O)[C@H](CCCCN)NC(=O)[C@H](Cc2ccc(O)cc2)NC(=O)[C@H](CO)NC1=O. The topological polar surface area (TPSA) is 212 Å². The minimum Gasteiger partial charge on any atom is -0.508 e. The lowest BCUT2D eigenvalue weighted by Gasteiger charge is -2.26. The fourth-order valence-electron chi connectivity index (χ4n) is 5.16. The Morgan fingerprint density at radius 1 is 0.630 bits per heavy atom. The van der Waals surface area contributed by atoms with Crippen molar-refractivity contribution in [1.29, 1.82) is 0 Å². The number of aromatic hydroxyl groups is 1. The van der Waals surface area contributed by atoms with Crippen LogP contribution in [0.25, 0.3) is 0 Å². The summed E-state index contributed by atoms with van der Waals surface area (Å²) in [6, 6.07) is 9.20. The second-order valence-corrected chi connectivity index (χ2v) is 12.0. The smallest absolute Gasteiger partial charge is 0.245 e. The van der Waals surface area contributed by atoms with Crippen LogP contribution in [-0.4, -0.2) is 83.1 Å². The van der Waals surface area contributed by atoms with Crippen LogP contribution in [0.3, 0.4) is 0 Å². The summed E-state index contributed by atoms with van der Waals surface area (Å²) in [6.07, 6.45) is 1.61. The van der Waals surface area contributed by atoms with Crippen molar-refractivity contribution < 1.29 is 34.2 Å². The van der Waals surface area contributed by atoms with Crippen molar-refractivity contribution in [3.63, 3.8) is 0 Å². The van der Waals surface area contributed by atoms with E-state index >= 15 is 0 Å². The monoisotopic (exact) mass is 638 g/mol. The third-order valence-corrected chi connectivity index (χ3v) is 7.66. The normalized spacial score (nSPS) is 23.3. The standard InChI is InChI=1S/C33H46N6O7/c1-20(2)16-25-30(43)39-28(19-40)33(46)38-27(18-22-11-13-23(41)14-12-22)31(44)35-24(10-6-7-15-34)29(42)37-26(32(45)36-25)17-21-8-4-3-5-9-21/h3-5,8-9,11-14,20,24-28,40-41H,6-7,10,15-19,34H2,1-2H3,(H,35,44)(H,36,45)(H,37,42)(H,38,46)(H,39,43)/t24-,25-,26-,27-,28-/m0/s1. The Hall–Kier alpha value is -4.49. The lowest BCUT2D eigenvalue weighted by Crippen LogP contribution is -2.59. The molecule has 0 radical (unpaired) electrons. The molecule has 5 amide bonds. The number of rotatable bonds is 11. The van der Waals surface area contributed by atoms with Gasteiger partial charge in [0.25, 0.3) is 0 Å². The molecule has 1 aliphatic heterocycles. The van der Waals surface area contributed by atoms with Crippen LogP contribution in [0, 0.1) is 5.92 Å². The summed E-state index contributed by atoms with van der Waals surface area (Å²) < 4.78 is 0. The van der Waals surface area contributed by atoms with Gasteiger partial charge in [-0.25, -0.2) is 0 Å². The van der Waals surface area contributed by atoms with Gasteiger partial charge in [-0.05, 0) is 61.4 Å².